The summed E-state index contributed by atoms with van der Waals surface area (Å²) in [6, 6.07) is 10.3. The molecular formula is C18H23N7OS. The molecule has 2 aromatic heterocycles. The van der Waals surface area contributed by atoms with Crippen LogP contribution in [-0.2, 0) is 18.3 Å². The van der Waals surface area contributed by atoms with E-state index in [0.717, 1.165) is 23.5 Å². The van der Waals surface area contributed by atoms with Gasteiger partial charge in [0.1, 0.15) is 0 Å². The predicted octanol–water partition coefficient (Wildman–Crippen LogP) is 1.85. The highest BCUT2D eigenvalue weighted by Gasteiger charge is 2.07. The maximum atomic E-state index is 11.9. The fraction of sp³-hybridized carbons (Fsp3) is 0.389. The Morgan fingerprint density at radius 1 is 1.22 bits per heavy atom. The van der Waals surface area contributed by atoms with E-state index in [2.05, 4.69) is 56.3 Å². The minimum absolute atomic E-state index is 0.0388. The normalized spacial score (nSPS) is 10.9. The van der Waals surface area contributed by atoms with E-state index in [1.807, 2.05) is 18.5 Å². The topological polar surface area (TPSA) is 90.5 Å². The number of tetrazole rings is 1. The van der Waals surface area contributed by atoms with Crippen LogP contribution in [0.4, 0.5) is 0 Å². The van der Waals surface area contributed by atoms with Gasteiger partial charge in [-0.2, -0.15) is 5.10 Å². The lowest BCUT2D eigenvalue weighted by Crippen LogP contribution is -2.25. The number of hydrogen-bond acceptors (Lipinski definition) is 6. The second-order valence-corrected chi connectivity index (χ2v) is 7.35. The summed E-state index contributed by atoms with van der Waals surface area (Å²) in [4.78, 5) is 11.9. The number of hydrogen-bond donors (Lipinski definition) is 1. The van der Waals surface area contributed by atoms with E-state index in [-0.39, 0.29) is 5.91 Å². The number of aryl methyl sites for hydroxylation is 3. The smallest absolute Gasteiger partial charge is 0.220 e. The summed E-state index contributed by atoms with van der Waals surface area (Å²) in [7, 11) is 1.78. The molecule has 3 rings (SSSR count). The zero-order valence-corrected chi connectivity index (χ0v) is 16.5. The first-order valence-corrected chi connectivity index (χ1v) is 9.76. The van der Waals surface area contributed by atoms with E-state index in [1.165, 1.54) is 17.3 Å². The van der Waals surface area contributed by atoms with Gasteiger partial charge in [-0.25, -0.2) is 9.36 Å². The summed E-state index contributed by atoms with van der Waals surface area (Å²) in [6.45, 7) is 4.65. The Hall–Kier alpha value is -2.68. The molecular weight excluding hydrogens is 362 g/mol. The van der Waals surface area contributed by atoms with Crippen molar-refractivity contribution in [3.05, 3.63) is 47.3 Å². The van der Waals surface area contributed by atoms with Crippen molar-refractivity contribution in [1.29, 1.82) is 0 Å². The second kappa shape index (κ2) is 8.81. The predicted molar refractivity (Wildman–Crippen MR) is 104 cm³/mol. The third-order valence-corrected chi connectivity index (χ3v) is 5.08. The molecule has 1 N–H and O–H groups in total. The van der Waals surface area contributed by atoms with Crippen LogP contribution >= 0.6 is 11.8 Å². The molecule has 27 heavy (non-hydrogen) atoms. The summed E-state index contributed by atoms with van der Waals surface area (Å²) in [6.07, 6.45) is 1.23. The van der Waals surface area contributed by atoms with Crippen molar-refractivity contribution in [1.82, 2.24) is 35.3 Å². The Labute approximate surface area is 162 Å². The van der Waals surface area contributed by atoms with Gasteiger partial charge >= 0.3 is 0 Å². The van der Waals surface area contributed by atoms with Crippen LogP contribution in [0.15, 0.2) is 35.5 Å². The quantitative estimate of drug-likeness (QED) is 0.595. The Bertz CT molecular complexity index is 901. The Kier molecular flexibility index (Phi) is 6.23. The van der Waals surface area contributed by atoms with Crippen molar-refractivity contribution in [2.45, 2.75) is 31.8 Å². The molecule has 0 aliphatic rings. The van der Waals surface area contributed by atoms with Crippen molar-refractivity contribution >= 4 is 17.7 Å². The molecule has 0 fully saturated rings. The maximum absolute atomic E-state index is 11.9. The number of aromatic nitrogens is 6. The number of thioether (sulfide) groups is 1. The van der Waals surface area contributed by atoms with E-state index in [9.17, 15) is 4.79 Å². The largest absolute Gasteiger partial charge is 0.356 e. The van der Waals surface area contributed by atoms with Crippen LogP contribution in [-0.4, -0.2) is 48.2 Å². The molecule has 3 aromatic rings. The van der Waals surface area contributed by atoms with Crippen molar-refractivity contribution in [3.63, 3.8) is 0 Å². The monoisotopic (exact) mass is 385 g/mol. The van der Waals surface area contributed by atoms with Crippen molar-refractivity contribution < 1.29 is 4.79 Å². The molecule has 2 heterocycles. The van der Waals surface area contributed by atoms with E-state index in [1.54, 1.807) is 11.7 Å². The average molecular weight is 385 g/mol. The second-order valence-electron chi connectivity index (χ2n) is 6.29. The van der Waals surface area contributed by atoms with Crippen LogP contribution in [0.1, 0.15) is 23.4 Å². The molecule has 0 saturated carbocycles. The summed E-state index contributed by atoms with van der Waals surface area (Å²) >= 11 is 1.47. The fourth-order valence-electron chi connectivity index (χ4n) is 2.71. The number of rotatable bonds is 8. The van der Waals surface area contributed by atoms with Crippen LogP contribution in [0.3, 0.4) is 0 Å². The van der Waals surface area contributed by atoms with Gasteiger partial charge in [0.05, 0.1) is 11.4 Å². The van der Waals surface area contributed by atoms with Crippen LogP contribution in [0.2, 0.25) is 0 Å². The molecule has 0 aliphatic carbocycles. The number of carbonyl (C=O) groups excluding carboxylic acids is 1. The van der Waals surface area contributed by atoms with Gasteiger partial charge in [0.2, 0.25) is 11.1 Å². The Morgan fingerprint density at radius 3 is 2.63 bits per heavy atom. The molecule has 142 valence electrons. The lowest BCUT2D eigenvalue weighted by molar-refractivity contribution is -0.120. The van der Waals surface area contributed by atoms with E-state index in [0.29, 0.717) is 23.9 Å². The molecule has 0 radical (unpaired) electrons. The molecule has 0 bridgehead atoms. The molecule has 8 nitrogen and oxygen atoms in total. The summed E-state index contributed by atoms with van der Waals surface area (Å²) in [5, 5.41) is 19.4. The lowest BCUT2D eigenvalue weighted by Gasteiger charge is -2.07. The molecule has 1 amide bonds. The maximum Gasteiger partial charge on any atom is 0.220 e. The number of nitrogens with one attached hydrogen (secondary N) is 1. The van der Waals surface area contributed by atoms with E-state index >= 15 is 0 Å². The zero-order chi connectivity index (χ0) is 19.2. The average Bonchev–Trinajstić information content (AvgIpc) is 3.20. The summed E-state index contributed by atoms with van der Waals surface area (Å²) < 4.78 is 3.53. The first-order chi connectivity index (χ1) is 13.0. The fourth-order valence-corrected chi connectivity index (χ4v) is 3.49. The highest BCUT2D eigenvalue weighted by Crippen LogP contribution is 2.14. The van der Waals surface area contributed by atoms with Crippen molar-refractivity contribution in [2.24, 2.45) is 7.05 Å². The molecule has 1 aromatic carbocycles. The Balaban J connectivity index is 1.40. The minimum Gasteiger partial charge on any atom is -0.356 e. The van der Waals surface area contributed by atoms with Gasteiger partial charge in [0.25, 0.3) is 0 Å². The summed E-state index contributed by atoms with van der Waals surface area (Å²) in [5.41, 5.74) is 4.35. The molecule has 0 atom stereocenters. The van der Waals surface area contributed by atoms with Gasteiger partial charge in [0, 0.05) is 31.5 Å². The molecule has 0 spiro atoms. The Morgan fingerprint density at radius 2 is 2.00 bits per heavy atom. The van der Waals surface area contributed by atoms with Crippen LogP contribution in [0, 0.1) is 13.8 Å². The van der Waals surface area contributed by atoms with Crippen LogP contribution in [0.25, 0.3) is 5.69 Å². The number of benzene rings is 1. The number of carbonyl (C=O) groups is 1. The number of nitrogens with zero attached hydrogens (tertiary/aromatic N) is 6. The van der Waals surface area contributed by atoms with Crippen LogP contribution < -0.4 is 5.32 Å². The molecule has 0 saturated heterocycles. The van der Waals surface area contributed by atoms with E-state index in [4.69, 9.17) is 0 Å². The van der Waals surface area contributed by atoms with E-state index < -0.39 is 0 Å². The van der Waals surface area contributed by atoms with Gasteiger partial charge in [-0.1, -0.05) is 23.9 Å². The standard InChI is InChI=1S/C18H23N7OS/c1-13-12-14(2)25(21-13)16-6-4-15(5-7-16)8-10-19-17(26)9-11-27-18-20-22-23-24(18)3/h4-7,12H,8-11H2,1-3H3,(H,19,26). The van der Waals surface area contributed by atoms with Crippen molar-refractivity contribution in [2.75, 3.05) is 12.3 Å². The lowest BCUT2D eigenvalue weighted by atomic mass is 10.1. The third kappa shape index (κ3) is 5.16. The molecule has 0 unspecified atom stereocenters. The number of amides is 1. The first kappa shape index (κ1) is 19.1. The minimum atomic E-state index is 0.0388. The zero-order valence-electron chi connectivity index (χ0n) is 15.7. The third-order valence-electron chi connectivity index (χ3n) is 4.07. The van der Waals surface area contributed by atoms with Gasteiger partial charge in [-0.05, 0) is 54.5 Å². The summed E-state index contributed by atoms with van der Waals surface area (Å²) in [5.74, 6) is 0.689. The van der Waals surface area contributed by atoms with Gasteiger partial charge in [-0.15, -0.1) is 5.10 Å². The first-order valence-electron chi connectivity index (χ1n) is 8.77. The van der Waals surface area contributed by atoms with Crippen molar-refractivity contribution in [3.8, 4) is 5.69 Å². The van der Waals surface area contributed by atoms with Gasteiger partial charge < -0.3 is 5.32 Å². The highest BCUT2D eigenvalue weighted by atomic mass is 32.2. The highest BCUT2D eigenvalue weighted by molar-refractivity contribution is 7.99. The molecule has 0 aliphatic heterocycles. The SMILES string of the molecule is Cc1cc(C)n(-c2ccc(CCNC(=O)CCSc3nnnn3C)cc2)n1. The van der Waals surface area contributed by atoms with Gasteiger partial charge in [0.15, 0.2) is 0 Å². The van der Waals surface area contributed by atoms with Crippen LogP contribution in [0.5, 0.6) is 0 Å². The molecule has 9 heteroatoms. The van der Waals surface area contributed by atoms with Gasteiger partial charge in [-0.3, -0.25) is 4.79 Å².